The van der Waals surface area contributed by atoms with Crippen LogP contribution in [0.2, 0.25) is 0 Å². The van der Waals surface area contributed by atoms with Crippen molar-refractivity contribution in [1.82, 2.24) is 4.90 Å². The fourth-order valence-corrected chi connectivity index (χ4v) is 1.36. The molecule has 0 heterocycles. The van der Waals surface area contributed by atoms with Gasteiger partial charge in [0.2, 0.25) is 11.8 Å². The molecule has 1 aromatic carbocycles. The summed E-state index contributed by atoms with van der Waals surface area (Å²) < 4.78 is 0. The summed E-state index contributed by atoms with van der Waals surface area (Å²) >= 11 is 0. The average Bonchev–Trinajstić information content (AvgIpc) is 2.18. The summed E-state index contributed by atoms with van der Waals surface area (Å²) in [7, 11) is 0. The topological polar surface area (TPSA) is 37.4 Å². The van der Waals surface area contributed by atoms with Gasteiger partial charge < -0.3 is 0 Å². The molecule has 0 saturated heterocycles. The van der Waals surface area contributed by atoms with Gasteiger partial charge in [-0.3, -0.25) is 14.5 Å². The lowest BCUT2D eigenvalue weighted by atomic mass is 10.1. The Balaban J connectivity index is 3.02. The van der Waals surface area contributed by atoms with Crippen LogP contribution in [0.4, 0.5) is 0 Å². The van der Waals surface area contributed by atoms with Gasteiger partial charge in [-0.2, -0.15) is 0 Å². The second-order valence-corrected chi connectivity index (χ2v) is 3.19. The maximum atomic E-state index is 11.2. The zero-order valence-corrected chi connectivity index (χ0v) is 8.86. The van der Waals surface area contributed by atoms with Crippen molar-refractivity contribution in [1.29, 1.82) is 0 Å². The first-order chi connectivity index (χ1) is 7.04. The Morgan fingerprint density at radius 1 is 1.07 bits per heavy atom. The van der Waals surface area contributed by atoms with Crippen LogP contribution in [0.1, 0.15) is 19.4 Å². The maximum Gasteiger partial charge on any atom is 0.230 e. The minimum atomic E-state index is -0.323. The highest BCUT2D eigenvalue weighted by Gasteiger charge is 2.17. The van der Waals surface area contributed by atoms with Crippen molar-refractivity contribution in [3.05, 3.63) is 42.5 Å². The van der Waals surface area contributed by atoms with Gasteiger partial charge in [-0.1, -0.05) is 36.9 Å². The summed E-state index contributed by atoms with van der Waals surface area (Å²) in [5.74, 6) is -0.646. The van der Waals surface area contributed by atoms with Crippen LogP contribution in [-0.4, -0.2) is 16.7 Å². The Bertz CT molecular complexity index is 381. The predicted molar refractivity (Wildman–Crippen MR) is 58.7 cm³/mol. The molecule has 0 saturated carbocycles. The molecule has 0 bridgehead atoms. The van der Waals surface area contributed by atoms with Gasteiger partial charge in [0, 0.05) is 13.8 Å². The number of carbonyl (C=O) groups is 2. The smallest absolute Gasteiger partial charge is 0.230 e. The van der Waals surface area contributed by atoms with Crippen LogP contribution in [0.15, 0.2) is 36.9 Å². The summed E-state index contributed by atoms with van der Waals surface area (Å²) in [4.78, 5) is 23.6. The van der Waals surface area contributed by atoms with E-state index in [0.717, 1.165) is 10.5 Å². The van der Waals surface area contributed by atoms with Crippen LogP contribution in [0.3, 0.4) is 0 Å². The number of benzene rings is 1. The lowest BCUT2D eigenvalue weighted by Gasteiger charge is -2.19. The van der Waals surface area contributed by atoms with Crippen LogP contribution in [0, 0.1) is 0 Å². The van der Waals surface area contributed by atoms with Gasteiger partial charge in [0.1, 0.15) is 0 Å². The standard InChI is InChI=1S/C12H13NO2/c1-9(12-7-5-4-6-8-12)13(10(2)14)11(3)15/h4-8H,1H2,2-3H3. The minimum absolute atomic E-state index is 0.323. The van der Waals surface area contributed by atoms with Crippen LogP contribution < -0.4 is 0 Å². The number of carbonyl (C=O) groups excluding carboxylic acids is 2. The number of hydrogen-bond donors (Lipinski definition) is 0. The Hall–Kier alpha value is -1.90. The SMILES string of the molecule is C=C(c1ccccc1)N(C(C)=O)C(C)=O. The van der Waals surface area contributed by atoms with Gasteiger partial charge >= 0.3 is 0 Å². The summed E-state index contributed by atoms with van der Waals surface area (Å²) in [5.41, 5.74) is 1.18. The van der Waals surface area contributed by atoms with Gasteiger partial charge in [-0.05, 0) is 5.56 Å². The molecule has 0 radical (unpaired) electrons. The summed E-state index contributed by atoms with van der Waals surface area (Å²) in [6.07, 6.45) is 0. The number of nitrogens with zero attached hydrogens (tertiary/aromatic N) is 1. The highest BCUT2D eigenvalue weighted by molar-refractivity contribution is 6.01. The molecule has 0 spiro atoms. The molecule has 3 heteroatoms. The monoisotopic (exact) mass is 203 g/mol. The first kappa shape index (κ1) is 11.2. The highest BCUT2D eigenvalue weighted by atomic mass is 16.2. The molecular weight excluding hydrogens is 190 g/mol. The van der Waals surface area contributed by atoms with Crippen molar-refractivity contribution >= 4 is 17.5 Å². The Morgan fingerprint density at radius 2 is 1.53 bits per heavy atom. The van der Waals surface area contributed by atoms with Gasteiger partial charge in [0.05, 0.1) is 5.70 Å². The van der Waals surface area contributed by atoms with E-state index >= 15 is 0 Å². The lowest BCUT2D eigenvalue weighted by molar-refractivity contribution is -0.137. The molecule has 0 aliphatic rings. The zero-order chi connectivity index (χ0) is 11.4. The minimum Gasteiger partial charge on any atom is -0.274 e. The third kappa shape index (κ3) is 2.53. The largest absolute Gasteiger partial charge is 0.274 e. The number of imide groups is 1. The van der Waals surface area contributed by atoms with Crippen LogP contribution >= 0.6 is 0 Å². The molecule has 1 aromatic rings. The van der Waals surface area contributed by atoms with Crippen molar-refractivity contribution in [2.24, 2.45) is 0 Å². The Labute approximate surface area is 89.0 Å². The molecule has 0 N–H and O–H groups in total. The van der Waals surface area contributed by atoms with E-state index in [1.165, 1.54) is 13.8 Å². The first-order valence-electron chi connectivity index (χ1n) is 4.59. The fraction of sp³-hybridized carbons (Fsp3) is 0.167. The van der Waals surface area contributed by atoms with E-state index in [4.69, 9.17) is 0 Å². The van der Waals surface area contributed by atoms with E-state index in [1.807, 2.05) is 18.2 Å². The predicted octanol–water partition coefficient (Wildman–Crippen LogP) is 2.05. The molecule has 0 aromatic heterocycles. The summed E-state index contributed by atoms with van der Waals surface area (Å²) in [6, 6.07) is 9.14. The molecule has 1 rings (SSSR count). The molecule has 0 fully saturated rings. The van der Waals surface area contributed by atoms with Gasteiger partial charge in [0.25, 0.3) is 0 Å². The van der Waals surface area contributed by atoms with E-state index < -0.39 is 0 Å². The number of amides is 2. The highest BCUT2D eigenvalue weighted by Crippen LogP contribution is 2.17. The zero-order valence-electron chi connectivity index (χ0n) is 8.86. The van der Waals surface area contributed by atoms with Crippen molar-refractivity contribution in [3.8, 4) is 0 Å². The molecule has 0 aliphatic carbocycles. The van der Waals surface area contributed by atoms with E-state index in [0.29, 0.717) is 5.70 Å². The quantitative estimate of drug-likeness (QED) is 0.737. The molecule has 0 unspecified atom stereocenters. The second-order valence-electron chi connectivity index (χ2n) is 3.19. The molecule has 2 amide bonds. The molecule has 15 heavy (non-hydrogen) atoms. The molecule has 3 nitrogen and oxygen atoms in total. The van der Waals surface area contributed by atoms with Crippen LogP contribution in [0.5, 0.6) is 0 Å². The average molecular weight is 203 g/mol. The van der Waals surface area contributed by atoms with Crippen molar-refractivity contribution < 1.29 is 9.59 Å². The van der Waals surface area contributed by atoms with Gasteiger partial charge in [0.15, 0.2) is 0 Å². The molecule has 0 atom stereocenters. The van der Waals surface area contributed by atoms with Gasteiger partial charge in [-0.25, -0.2) is 0 Å². The number of rotatable bonds is 2. The fourth-order valence-electron chi connectivity index (χ4n) is 1.36. The summed E-state index contributed by atoms with van der Waals surface area (Å²) in [5, 5.41) is 0. The molecular formula is C12H13NO2. The number of hydrogen-bond acceptors (Lipinski definition) is 2. The van der Waals surface area contributed by atoms with Crippen LogP contribution in [0.25, 0.3) is 5.70 Å². The van der Waals surface area contributed by atoms with Crippen molar-refractivity contribution in [2.75, 3.05) is 0 Å². The Kier molecular flexibility index (Phi) is 3.39. The first-order valence-corrected chi connectivity index (χ1v) is 4.59. The normalized spacial score (nSPS) is 9.47. The van der Waals surface area contributed by atoms with E-state index in [2.05, 4.69) is 6.58 Å². The third-order valence-electron chi connectivity index (χ3n) is 2.01. The van der Waals surface area contributed by atoms with E-state index in [-0.39, 0.29) is 11.8 Å². The molecule has 78 valence electrons. The Morgan fingerprint density at radius 3 is 1.93 bits per heavy atom. The van der Waals surface area contributed by atoms with Gasteiger partial charge in [-0.15, -0.1) is 0 Å². The third-order valence-corrected chi connectivity index (χ3v) is 2.01. The summed E-state index contributed by atoms with van der Waals surface area (Å²) in [6.45, 7) is 6.44. The lowest BCUT2D eigenvalue weighted by Crippen LogP contribution is -2.31. The molecule has 0 aliphatic heterocycles. The second kappa shape index (κ2) is 4.55. The van der Waals surface area contributed by atoms with Crippen molar-refractivity contribution in [2.45, 2.75) is 13.8 Å². The maximum absolute atomic E-state index is 11.2. The van der Waals surface area contributed by atoms with Crippen molar-refractivity contribution in [3.63, 3.8) is 0 Å². The van der Waals surface area contributed by atoms with Crippen LogP contribution in [-0.2, 0) is 9.59 Å². The van der Waals surface area contributed by atoms with E-state index in [1.54, 1.807) is 12.1 Å². The van der Waals surface area contributed by atoms with E-state index in [9.17, 15) is 9.59 Å².